The molecule has 5 rings (SSSR count). The van der Waals surface area contributed by atoms with E-state index in [1.54, 1.807) is 0 Å². The fourth-order valence-electron chi connectivity index (χ4n) is 4.42. The predicted molar refractivity (Wildman–Crippen MR) is 124 cm³/mol. The summed E-state index contributed by atoms with van der Waals surface area (Å²) < 4.78 is 13.7. The van der Waals surface area contributed by atoms with Crippen molar-refractivity contribution in [3.05, 3.63) is 48.5 Å². The summed E-state index contributed by atoms with van der Waals surface area (Å²) >= 11 is 0. The van der Waals surface area contributed by atoms with Crippen LogP contribution in [0.5, 0.6) is 5.75 Å². The number of carbonyl (C=O) groups is 1. The fraction of sp³-hybridized carbons (Fsp3) is 0.423. The van der Waals surface area contributed by atoms with Crippen molar-refractivity contribution in [2.75, 3.05) is 11.9 Å². The van der Waals surface area contributed by atoms with Crippen molar-refractivity contribution in [2.24, 2.45) is 5.92 Å². The van der Waals surface area contributed by atoms with Gasteiger partial charge in [0.15, 0.2) is 0 Å². The van der Waals surface area contributed by atoms with Crippen molar-refractivity contribution < 1.29 is 14.3 Å². The highest BCUT2D eigenvalue weighted by atomic mass is 16.6. The first kappa shape index (κ1) is 20.0. The zero-order chi connectivity index (χ0) is 21.4. The second-order valence-electron chi connectivity index (χ2n) is 8.79. The van der Waals surface area contributed by atoms with Crippen LogP contribution in [0.3, 0.4) is 0 Å². The Bertz CT molecular complexity index is 1080. The Morgan fingerprint density at radius 3 is 2.52 bits per heavy atom. The average Bonchev–Trinajstić information content (AvgIpc) is 3.51. The number of anilines is 1. The van der Waals surface area contributed by atoms with Crippen LogP contribution in [0.2, 0.25) is 0 Å². The van der Waals surface area contributed by atoms with Gasteiger partial charge in [0.1, 0.15) is 11.9 Å². The van der Waals surface area contributed by atoms with Gasteiger partial charge in [-0.2, -0.15) is 0 Å². The molecule has 0 bridgehead atoms. The summed E-state index contributed by atoms with van der Waals surface area (Å²) in [7, 11) is 0. The van der Waals surface area contributed by atoms with Gasteiger partial charge in [0.05, 0.1) is 12.1 Å². The Balaban J connectivity index is 1.40. The van der Waals surface area contributed by atoms with E-state index in [-0.39, 0.29) is 12.2 Å². The lowest BCUT2D eigenvalue weighted by Gasteiger charge is -2.30. The Morgan fingerprint density at radius 1 is 1.10 bits per heavy atom. The molecule has 2 aromatic carbocycles. The summed E-state index contributed by atoms with van der Waals surface area (Å²) in [6, 6.07) is 17.2. The third-order valence-electron chi connectivity index (χ3n) is 6.57. The molecule has 1 aromatic heterocycles. The molecule has 0 aliphatic heterocycles. The van der Waals surface area contributed by atoms with Gasteiger partial charge < -0.3 is 14.0 Å². The van der Waals surface area contributed by atoms with Gasteiger partial charge >= 0.3 is 6.09 Å². The molecular formula is C26H30N2O3. The van der Waals surface area contributed by atoms with Crippen LogP contribution in [-0.4, -0.2) is 23.4 Å². The molecule has 1 amide bonds. The summed E-state index contributed by atoms with van der Waals surface area (Å²) in [6.45, 7) is 4.65. The average molecular weight is 419 g/mol. The molecule has 2 saturated carbocycles. The fourth-order valence-corrected chi connectivity index (χ4v) is 4.42. The first-order chi connectivity index (χ1) is 15.1. The van der Waals surface area contributed by atoms with E-state index in [1.165, 1.54) is 35.9 Å². The van der Waals surface area contributed by atoms with E-state index in [0.29, 0.717) is 18.6 Å². The maximum Gasteiger partial charge on any atom is 0.411 e. The Morgan fingerprint density at radius 2 is 1.87 bits per heavy atom. The second kappa shape index (κ2) is 8.29. The molecule has 5 heteroatoms. The summed E-state index contributed by atoms with van der Waals surface area (Å²) in [5, 5.41) is 4.08. The highest BCUT2D eigenvalue weighted by Crippen LogP contribution is 2.41. The van der Waals surface area contributed by atoms with E-state index >= 15 is 0 Å². The minimum Gasteiger partial charge on any atom is -0.494 e. The Hall–Kier alpha value is -2.95. The molecule has 0 spiro atoms. The SMILES string of the molecule is CCOc1ccc2cc(-c3ccc(NC(=O)OC(C)C4CC4)cc3)n(C3CCC3)c2c1. The number of benzene rings is 2. The van der Waals surface area contributed by atoms with Gasteiger partial charge in [-0.15, -0.1) is 0 Å². The molecule has 1 atom stereocenters. The van der Waals surface area contributed by atoms with Crippen molar-refractivity contribution in [3.63, 3.8) is 0 Å². The second-order valence-corrected chi connectivity index (χ2v) is 8.79. The first-order valence-corrected chi connectivity index (χ1v) is 11.5. The van der Waals surface area contributed by atoms with Crippen molar-refractivity contribution in [2.45, 2.75) is 58.1 Å². The van der Waals surface area contributed by atoms with Gasteiger partial charge in [-0.1, -0.05) is 12.1 Å². The molecule has 3 aromatic rings. The van der Waals surface area contributed by atoms with Crippen LogP contribution >= 0.6 is 0 Å². The van der Waals surface area contributed by atoms with E-state index in [1.807, 2.05) is 32.0 Å². The Labute approximate surface area is 183 Å². The molecule has 2 fully saturated rings. The van der Waals surface area contributed by atoms with E-state index in [0.717, 1.165) is 29.8 Å². The topological polar surface area (TPSA) is 52.5 Å². The number of ether oxygens (including phenoxy) is 2. The number of aromatic nitrogens is 1. The molecule has 0 saturated heterocycles. The highest BCUT2D eigenvalue weighted by Gasteiger charge is 2.30. The lowest BCUT2D eigenvalue weighted by molar-refractivity contribution is 0.108. The quantitative estimate of drug-likeness (QED) is 0.460. The number of nitrogens with one attached hydrogen (secondary N) is 1. The van der Waals surface area contributed by atoms with Crippen LogP contribution in [0.25, 0.3) is 22.2 Å². The molecule has 5 nitrogen and oxygen atoms in total. The van der Waals surface area contributed by atoms with E-state index in [9.17, 15) is 4.79 Å². The molecule has 0 radical (unpaired) electrons. The minimum absolute atomic E-state index is 0.0148. The monoisotopic (exact) mass is 418 g/mol. The largest absolute Gasteiger partial charge is 0.494 e. The normalized spacial score (nSPS) is 17.2. The highest BCUT2D eigenvalue weighted by molar-refractivity contribution is 5.89. The number of carbonyl (C=O) groups excluding carboxylic acids is 1. The minimum atomic E-state index is -0.376. The standard InChI is InChI=1S/C26H30N2O3/c1-3-30-23-14-11-20-15-24(28(25(20)16-23)22-5-4-6-22)19-9-12-21(13-10-19)27-26(29)31-17(2)18-7-8-18/h9-18,22H,3-8H2,1-2H3,(H,27,29). The van der Waals surface area contributed by atoms with Crippen LogP contribution in [0, 0.1) is 5.92 Å². The van der Waals surface area contributed by atoms with Crippen LogP contribution in [0.4, 0.5) is 10.5 Å². The number of hydrogen-bond acceptors (Lipinski definition) is 3. The molecule has 2 aliphatic rings. The first-order valence-electron chi connectivity index (χ1n) is 11.5. The van der Waals surface area contributed by atoms with Gasteiger partial charge in [-0.05, 0) is 87.8 Å². The number of fused-ring (bicyclic) bond motifs is 1. The zero-order valence-electron chi connectivity index (χ0n) is 18.3. The van der Waals surface area contributed by atoms with Crippen LogP contribution in [-0.2, 0) is 4.74 Å². The lowest BCUT2D eigenvalue weighted by atomic mass is 9.92. The summed E-state index contributed by atoms with van der Waals surface area (Å²) in [4.78, 5) is 12.2. The van der Waals surface area contributed by atoms with E-state index in [4.69, 9.17) is 9.47 Å². The lowest BCUT2D eigenvalue weighted by Crippen LogP contribution is -2.21. The molecule has 31 heavy (non-hydrogen) atoms. The summed E-state index contributed by atoms with van der Waals surface area (Å²) in [5.41, 5.74) is 4.34. The maximum atomic E-state index is 12.2. The van der Waals surface area contributed by atoms with Crippen LogP contribution < -0.4 is 10.1 Å². The van der Waals surface area contributed by atoms with Crippen molar-refractivity contribution in [1.29, 1.82) is 0 Å². The van der Waals surface area contributed by atoms with Gasteiger partial charge in [0, 0.05) is 28.9 Å². The van der Waals surface area contributed by atoms with Crippen LogP contribution in [0.1, 0.15) is 52.0 Å². The molecule has 1 unspecified atom stereocenters. The smallest absolute Gasteiger partial charge is 0.411 e. The van der Waals surface area contributed by atoms with Gasteiger partial charge in [-0.25, -0.2) is 4.79 Å². The predicted octanol–water partition coefficient (Wildman–Crippen LogP) is 6.78. The maximum absolute atomic E-state index is 12.2. The third-order valence-corrected chi connectivity index (χ3v) is 6.57. The molecule has 162 valence electrons. The molecule has 1 N–H and O–H groups in total. The number of hydrogen-bond donors (Lipinski definition) is 1. The van der Waals surface area contributed by atoms with Gasteiger partial charge in [0.2, 0.25) is 0 Å². The Kier molecular flexibility index (Phi) is 5.34. The number of rotatable bonds is 7. The summed E-state index contributed by atoms with van der Waals surface area (Å²) in [6.07, 6.45) is 5.62. The number of nitrogens with zero attached hydrogens (tertiary/aromatic N) is 1. The van der Waals surface area contributed by atoms with Crippen molar-refractivity contribution >= 4 is 22.7 Å². The number of amides is 1. The third kappa shape index (κ3) is 4.14. The summed E-state index contributed by atoms with van der Waals surface area (Å²) in [5.74, 6) is 1.45. The molecular weight excluding hydrogens is 388 g/mol. The van der Waals surface area contributed by atoms with Crippen molar-refractivity contribution in [1.82, 2.24) is 4.57 Å². The molecule has 1 heterocycles. The zero-order valence-corrected chi connectivity index (χ0v) is 18.3. The van der Waals surface area contributed by atoms with Crippen molar-refractivity contribution in [3.8, 4) is 17.0 Å². The van der Waals surface area contributed by atoms with E-state index in [2.05, 4.69) is 40.2 Å². The van der Waals surface area contributed by atoms with Gasteiger partial charge in [-0.3, -0.25) is 5.32 Å². The van der Waals surface area contributed by atoms with E-state index < -0.39 is 0 Å². The van der Waals surface area contributed by atoms with Gasteiger partial charge in [0.25, 0.3) is 0 Å². The van der Waals surface area contributed by atoms with Crippen LogP contribution in [0.15, 0.2) is 48.5 Å². The molecule has 2 aliphatic carbocycles.